The third kappa shape index (κ3) is 3.65. The molecule has 1 aliphatic carbocycles. The van der Waals surface area contributed by atoms with Gasteiger partial charge in [-0.05, 0) is 49.6 Å². The molecule has 0 bridgehead atoms. The van der Waals surface area contributed by atoms with Crippen LogP contribution in [0, 0.1) is 0 Å². The van der Waals surface area contributed by atoms with Crippen LogP contribution in [0.5, 0.6) is 0 Å². The fraction of sp³-hybridized carbons (Fsp3) is 0.167. The van der Waals surface area contributed by atoms with Crippen LogP contribution in [0.1, 0.15) is 25.3 Å². The SMILES string of the molecule is C[C@]1(O)C[C@](N)(c2ccc(-c3nc4ccc5nnc(-c6cccnc6)n5c4nc3-c3ccccc3)cc2)C1. The first-order valence-electron chi connectivity index (χ1n) is 12.5. The summed E-state index contributed by atoms with van der Waals surface area (Å²) in [5.74, 6) is 0.661. The molecule has 1 aliphatic rings. The smallest absolute Gasteiger partial charge is 0.171 e. The molecule has 38 heavy (non-hydrogen) atoms. The van der Waals surface area contributed by atoms with Crippen molar-refractivity contribution in [2.45, 2.75) is 30.9 Å². The number of fused-ring (bicyclic) bond motifs is 3. The number of benzene rings is 2. The zero-order valence-electron chi connectivity index (χ0n) is 20.8. The molecular weight excluding hydrogens is 474 g/mol. The quantitative estimate of drug-likeness (QED) is 0.359. The van der Waals surface area contributed by atoms with Crippen LogP contribution < -0.4 is 5.73 Å². The first-order valence-corrected chi connectivity index (χ1v) is 12.5. The molecule has 8 nitrogen and oxygen atoms in total. The Hall–Kier alpha value is -4.53. The van der Waals surface area contributed by atoms with Crippen molar-refractivity contribution < 1.29 is 5.11 Å². The van der Waals surface area contributed by atoms with Gasteiger partial charge in [-0.15, -0.1) is 10.2 Å². The van der Waals surface area contributed by atoms with Gasteiger partial charge >= 0.3 is 0 Å². The molecule has 2 aromatic carbocycles. The van der Waals surface area contributed by atoms with E-state index in [4.69, 9.17) is 15.7 Å². The van der Waals surface area contributed by atoms with Gasteiger partial charge in [0.05, 0.1) is 17.0 Å². The van der Waals surface area contributed by atoms with Crippen molar-refractivity contribution in [3.05, 3.63) is 96.8 Å². The van der Waals surface area contributed by atoms with Gasteiger partial charge in [0, 0.05) is 34.6 Å². The molecule has 0 radical (unpaired) electrons. The van der Waals surface area contributed by atoms with E-state index in [-0.39, 0.29) is 0 Å². The van der Waals surface area contributed by atoms with Gasteiger partial charge in [-0.3, -0.25) is 9.38 Å². The summed E-state index contributed by atoms with van der Waals surface area (Å²) in [7, 11) is 0. The maximum absolute atomic E-state index is 10.2. The molecule has 7 rings (SSSR count). The van der Waals surface area contributed by atoms with Crippen molar-refractivity contribution in [1.29, 1.82) is 0 Å². The minimum Gasteiger partial charge on any atom is -0.390 e. The topological polar surface area (TPSA) is 115 Å². The van der Waals surface area contributed by atoms with E-state index >= 15 is 0 Å². The van der Waals surface area contributed by atoms with Crippen LogP contribution in [-0.4, -0.2) is 40.3 Å². The molecule has 0 atom stereocenters. The van der Waals surface area contributed by atoms with Crippen LogP contribution in [0.3, 0.4) is 0 Å². The predicted octanol–water partition coefficient (Wildman–Crippen LogP) is 4.77. The molecule has 0 aliphatic heterocycles. The maximum atomic E-state index is 10.2. The summed E-state index contributed by atoms with van der Waals surface area (Å²) >= 11 is 0. The Morgan fingerprint density at radius 3 is 2.21 bits per heavy atom. The van der Waals surface area contributed by atoms with Crippen molar-refractivity contribution in [2.24, 2.45) is 5.73 Å². The number of nitrogens with zero attached hydrogens (tertiary/aromatic N) is 6. The van der Waals surface area contributed by atoms with Crippen molar-refractivity contribution in [3.63, 3.8) is 0 Å². The van der Waals surface area contributed by atoms with Gasteiger partial charge in [0.2, 0.25) is 0 Å². The lowest BCUT2D eigenvalue weighted by molar-refractivity contribution is -0.0738. The standard InChI is InChI=1S/C30H25N7O/c1-29(38)17-30(31,18-29)22-11-9-20(10-12-22)25-26(19-6-3-2-4-7-19)34-28-23(33-25)13-14-24-35-36-27(37(24)28)21-8-5-15-32-16-21/h2-16,38H,17-18,31H2,1H3/t29-,30+. The predicted molar refractivity (Wildman–Crippen MR) is 146 cm³/mol. The van der Waals surface area contributed by atoms with E-state index in [9.17, 15) is 5.11 Å². The Labute approximate surface area is 218 Å². The van der Waals surface area contributed by atoms with Crippen LogP contribution in [0.4, 0.5) is 0 Å². The van der Waals surface area contributed by atoms with Crippen molar-refractivity contribution in [2.75, 3.05) is 0 Å². The molecule has 0 saturated heterocycles. The van der Waals surface area contributed by atoms with Gasteiger partial charge in [-0.25, -0.2) is 9.97 Å². The molecule has 8 heteroatoms. The van der Waals surface area contributed by atoms with Gasteiger partial charge in [-0.2, -0.15) is 0 Å². The normalized spacial score (nSPS) is 21.0. The molecule has 4 aromatic heterocycles. The molecule has 186 valence electrons. The second-order valence-electron chi connectivity index (χ2n) is 10.4. The van der Waals surface area contributed by atoms with Gasteiger partial charge in [0.1, 0.15) is 5.52 Å². The van der Waals surface area contributed by atoms with Crippen LogP contribution >= 0.6 is 0 Å². The highest BCUT2D eigenvalue weighted by Gasteiger charge is 2.49. The summed E-state index contributed by atoms with van der Waals surface area (Å²) in [5, 5.41) is 19.0. The number of aromatic nitrogens is 6. The van der Waals surface area contributed by atoms with Gasteiger partial charge < -0.3 is 10.8 Å². The minimum absolute atomic E-state index is 0.512. The van der Waals surface area contributed by atoms with Crippen LogP contribution in [0.25, 0.3) is 50.7 Å². The maximum Gasteiger partial charge on any atom is 0.171 e. The van der Waals surface area contributed by atoms with Gasteiger partial charge in [0.15, 0.2) is 17.1 Å². The summed E-state index contributed by atoms with van der Waals surface area (Å²) in [5.41, 5.74) is 12.7. The lowest BCUT2D eigenvalue weighted by Crippen LogP contribution is -2.58. The second-order valence-corrected chi connectivity index (χ2v) is 10.4. The first kappa shape index (κ1) is 22.7. The van der Waals surface area contributed by atoms with Crippen LogP contribution in [0.2, 0.25) is 0 Å². The Bertz CT molecular complexity index is 1790. The molecule has 0 amide bonds. The summed E-state index contributed by atoms with van der Waals surface area (Å²) in [6.45, 7) is 1.83. The zero-order valence-corrected chi connectivity index (χ0v) is 20.8. The third-order valence-electron chi connectivity index (χ3n) is 7.29. The molecule has 1 fully saturated rings. The van der Waals surface area contributed by atoms with E-state index in [1.807, 2.05) is 90.2 Å². The zero-order chi connectivity index (χ0) is 25.9. The minimum atomic E-state index is -0.708. The fourth-order valence-electron chi connectivity index (χ4n) is 5.63. The highest BCUT2D eigenvalue weighted by atomic mass is 16.3. The number of aliphatic hydroxyl groups is 1. The van der Waals surface area contributed by atoms with E-state index in [2.05, 4.69) is 15.2 Å². The second kappa shape index (κ2) is 8.24. The van der Waals surface area contributed by atoms with Gasteiger partial charge in [0.25, 0.3) is 0 Å². The highest BCUT2D eigenvalue weighted by Crippen LogP contribution is 2.46. The van der Waals surface area contributed by atoms with Crippen molar-refractivity contribution in [1.82, 2.24) is 29.5 Å². The van der Waals surface area contributed by atoms with E-state index in [1.54, 1.807) is 12.4 Å². The average molecular weight is 500 g/mol. The van der Waals surface area contributed by atoms with Gasteiger partial charge in [-0.1, -0.05) is 54.6 Å². The van der Waals surface area contributed by atoms with Crippen LogP contribution in [-0.2, 0) is 5.54 Å². The molecule has 0 unspecified atom stereocenters. The van der Waals surface area contributed by atoms with Crippen LogP contribution in [0.15, 0.2) is 91.3 Å². The Kier molecular flexibility index (Phi) is 4.91. The van der Waals surface area contributed by atoms with E-state index in [0.29, 0.717) is 30.0 Å². The molecule has 0 spiro atoms. The molecule has 3 N–H and O–H groups in total. The highest BCUT2D eigenvalue weighted by molar-refractivity contribution is 5.87. The number of rotatable bonds is 4. The van der Waals surface area contributed by atoms with Crippen molar-refractivity contribution >= 4 is 16.8 Å². The summed E-state index contributed by atoms with van der Waals surface area (Å²) in [4.78, 5) is 14.5. The summed E-state index contributed by atoms with van der Waals surface area (Å²) in [6.07, 6.45) is 4.58. The average Bonchev–Trinajstić information content (AvgIpc) is 3.37. The molecular formula is C30H25N7O. The summed E-state index contributed by atoms with van der Waals surface area (Å²) < 4.78 is 1.93. The summed E-state index contributed by atoms with van der Waals surface area (Å²) in [6, 6.07) is 25.9. The van der Waals surface area contributed by atoms with Crippen molar-refractivity contribution in [3.8, 4) is 33.9 Å². The number of hydrogen-bond acceptors (Lipinski definition) is 7. The monoisotopic (exact) mass is 499 g/mol. The number of nitrogens with two attached hydrogens (primary N) is 1. The third-order valence-corrected chi connectivity index (χ3v) is 7.29. The largest absolute Gasteiger partial charge is 0.390 e. The van der Waals surface area contributed by atoms with E-state index in [1.165, 1.54) is 0 Å². The molecule has 1 saturated carbocycles. The molecule has 4 heterocycles. The molecule has 6 aromatic rings. The fourth-order valence-corrected chi connectivity index (χ4v) is 5.63. The number of hydrogen-bond donors (Lipinski definition) is 2. The Morgan fingerprint density at radius 1 is 0.789 bits per heavy atom. The van der Waals surface area contributed by atoms with E-state index < -0.39 is 11.1 Å². The number of pyridine rings is 2. The lowest BCUT2D eigenvalue weighted by atomic mass is 9.63. The van der Waals surface area contributed by atoms with E-state index in [0.717, 1.165) is 39.2 Å². The lowest BCUT2D eigenvalue weighted by Gasteiger charge is -2.49. The Balaban J connectivity index is 1.42. The first-order chi connectivity index (χ1) is 18.4. The Morgan fingerprint density at radius 2 is 1.50 bits per heavy atom.